The molecule has 0 bridgehead atoms. The molecule has 0 saturated carbocycles. The third kappa shape index (κ3) is 4.20. The van der Waals surface area contributed by atoms with Gasteiger partial charge >= 0.3 is 16.1 Å². The van der Waals surface area contributed by atoms with Gasteiger partial charge in [0.1, 0.15) is 5.75 Å². The molecular formula is C17H16O6S. The van der Waals surface area contributed by atoms with E-state index < -0.39 is 22.0 Å². The summed E-state index contributed by atoms with van der Waals surface area (Å²) >= 11 is 0. The van der Waals surface area contributed by atoms with Crippen LogP contribution in [0.2, 0.25) is 0 Å². The smallest absolute Gasteiger partial charge is 0.310 e. The van der Waals surface area contributed by atoms with E-state index in [1.165, 1.54) is 25.1 Å². The second kappa shape index (κ2) is 6.84. The fourth-order valence-corrected chi connectivity index (χ4v) is 2.63. The van der Waals surface area contributed by atoms with Crippen molar-refractivity contribution in [3.63, 3.8) is 0 Å². The SMILES string of the molecule is C[C@H](C(=O)O)c1cc(C(=O)c2ccccc2)ccc1OS(C)(=O)=O. The lowest BCUT2D eigenvalue weighted by Gasteiger charge is -2.14. The molecule has 0 spiro atoms. The second-order valence-electron chi connectivity index (χ2n) is 5.30. The Morgan fingerprint density at radius 2 is 1.67 bits per heavy atom. The molecular weight excluding hydrogens is 332 g/mol. The van der Waals surface area contributed by atoms with E-state index >= 15 is 0 Å². The number of carboxylic acids is 1. The summed E-state index contributed by atoms with van der Waals surface area (Å²) in [6.45, 7) is 1.39. The van der Waals surface area contributed by atoms with Crippen LogP contribution in [0.4, 0.5) is 0 Å². The first-order valence-corrected chi connectivity index (χ1v) is 8.86. The van der Waals surface area contributed by atoms with Gasteiger partial charge in [0.25, 0.3) is 0 Å². The predicted molar refractivity (Wildman–Crippen MR) is 87.8 cm³/mol. The minimum Gasteiger partial charge on any atom is -0.481 e. The third-order valence-corrected chi connectivity index (χ3v) is 3.87. The average molecular weight is 348 g/mol. The van der Waals surface area contributed by atoms with Crippen LogP contribution in [0.3, 0.4) is 0 Å². The number of rotatable bonds is 6. The second-order valence-corrected chi connectivity index (χ2v) is 6.87. The molecule has 126 valence electrons. The Bertz CT molecular complexity index is 871. The fourth-order valence-electron chi connectivity index (χ4n) is 2.16. The van der Waals surface area contributed by atoms with Gasteiger partial charge in [0.2, 0.25) is 0 Å². The van der Waals surface area contributed by atoms with Crippen molar-refractivity contribution in [2.75, 3.05) is 6.26 Å². The molecule has 6 nitrogen and oxygen atoms in total. The summed E-state index contributed by atoms with van der Waals surface area (Å²) in [5, 5.41) is 9.21. The van der Waals surface area contributed by atoms with Gasteiger partial charge in [0.15, 0.2) is 5.78 Å². The molecule has 0 aromatic heterocycles. The van der Waals surface area contributed by atoms with Gasteiger partial charge in [-0.05, 0) is 25.1 Å². The molecule has 0 saturated heterocycles. The van der Waals surface area contributed by atoms with E-state index in [-0.39, 0.29) is 22.7 Å². The average Bonchev–Trinajstić information content (AvgIpc) is 2.53. The normalized spacial score (nSPS) is 12.4. The lowest BCUT2D eigenvalue weighted by molar-refractivity contribution is -0.138. The molecule has 1 N–H and O–H groups in total. The van der Waals surface area contributed by atoms with Gasteiger partial charge < -0.3 is 9.29 Å². The number of benzene rings is 2. The number of carbonyl (C=O) groups is 2. The molecule has 0 aliphatic heterocycles. The number of ketones is 1. The molecule has 2 aromatic rings. The van der Waals surface area contributed by atoms with Crippen LogP contribution in [0.1, 0.15) is 34.3 Å². The highest BCUT2D eigenvalue weighted by Crippen LogP contribution is 2.30. The summed E-state index contributed by atoms with van der Waals surface area (Å²) < 4.78 is 27.5. The molecule has 1 atom stereocenters. The zero-order valence-corrected chi connectivity index (χ0v) is 13.9. The Labute approximate surface area is 139 Å². The highest BCUT2D eigenvalue weighted by Gasteiger charge is 2.22. The van der Waals surface area contributed by atoms with E-state index in [1.807, 2.05) is 0 Å². The van der Waals surface area contributed by atoms with Crippen molar-refractivity contribution in [1.82, 2.24) is 0 Å². The number of carboxylic acid groups (broad SMARTS) is 1. The fraction of sp³-hybridized carbons (Fsp3) is 0.176. The largest absolute Gasteiger partial charge is 0.481 e. The molecule has 0 unspecified atom stereocenters. The summed E-state index contributed by atoms with van der Waals surface area (Å²) in [5.74, 6) is -2.58. The Kier molecular flexibility index (Phi) is 5.04. The summed E-state index contributed by atoms with van der Waals surface area (Å²) in [5.41, 5.74) is 0.822. The van der Waals surface area contributed by atoms with Crippen molar-refractivity contribution in [3.05, 3.63) is 65.2 Å². The Hall–Kier alpha value is -2.67. The van der Waals surface area contributed by atoms with Gasteiger partial charge in [-0.25, -0.2) is 0 Å². The minimum atomic E-state index is -3.82. The topological polar surface area (TPSA) is 97.7 Å². The summed E-state index contributed by atoms with van der Waals surface area (Å²) in [6.07, 6.45) is 0.866. The molecule has 0 aliphatic carbocycles. The van der Waals surface area contributed by atoms with E-state index in [9.17, 15) is 23.1 Å². The van der Waals surface area contributed by atoms with Crippen molar-refractivity contribution in [1.29, 1.82) is 0 Å². The maximum Gasteiger partial charge on any atom is 0.310 e. The molecule has 2 rings (SSSR count). The van der Waals surface area contributed by atoms with Crippen molar-refractivity contribution >= 4 is 21.9 Å². The van der Waals surface area contributed by atoms with Crippen LogP contribution in [0, 0.1) is 0 Å². The summed E-state index contributed by atoms with van der Waals surface area (Å²) in [6, 6.07) is 12.6. The summed E-state index contributed by atoms with van der Waals surface area (Å²) in [4.78, 5) is 23.8. The van der Waals surface area contributed by atoms with Gasteiger partial charge in [0.05, 0.1) is 12.2 Å². The highest BCUT2D eigenvalue weighted by molar-refractivity contribution is 7.86. The van der Waals surface area contributed by atoms with Gasteiger partial charge in [-0.2, -0.15) is 8.42 Å². The number of hydrogen-bond donors (Lipinski definition) is 1. The summed E-state index contributed by atoms with van der Waals surface area (Å²) in [7, 11) is -3.82. The van der Waals surface area contributed by atoms with Crippen LogP contribution in [0.25, 0.3) is 0 Å². The van der Waals surface area contributed by atoms with Crippen molar-refractivity contribution in [2.24, 2.45) is 0 Å². The maximum atomic E-state index is 12.5. The molecule has 7 heteroatoms. The van der Waals surface area contributed by atoms with E-state index in [0.29, 0.717) is 5.56 Å². The maximum absolute atomic E-state index is 12.5. The number of aliphatic carboxylic acids is 1. The van der Waals surface area contributed by atoms with Crippen molar-refractivity contribution < 1.29 is 27.3 Å². The van der Waals surface area contributed by atoms with Crippen molar-refractivity contribution in [3.8, 4) is 5.75 Å². The van der Waals surface area contributed by atoms with Crippen LogP contribution in [0.15, 0.2) is 48.5 Å². The molecule has 0 aliphatic rings. The number of hydrogen-bond acceptors (Lipinski definition) is 5. The molecule has 2 aromatic carbocycles. The third-order valence-electron chi connectivity index (χ3n) is 3.39. The van der Waals surface area contributed by atoms with Gasteiger partial charge in [0, 0.05) is 16.7 Å². The Balaban J connectivity index is 2.51. The quantitative estimate of drug-likeness (QED) is 0.636. The lowest BCUT2D eigenvalue weighted by atomic mass is 9.95. The van der Waals surface area contributed by atoms with E-state index in [4.69, 9.17) is 4.18 Å². The van der Waals surface area contributed by atoms with Gasteiger partial charge in [-0.1, -0.05) is 30.3 Å². The first-order chi connectivity index (χ1) is 11.2. The van der Waals surface area contributed by atoms with Crippen molar-refractivity contribution in [2.45, 2.75) is 12.8 Å². The van der Waals surface area contributed by atoms with Crippen LogP contribution >= 0.6 is 0 Å². The van der Waals surface area contributed by atoms with Gasteiger partial charge in [-0.3, -0.25) is 9.59 Å². The number of carbonyl (C=O) groups excluding carboxylic acids is 1. The van der Waals surface area contributed by atoms with Crippen LogP contribution in [-0.4, -0.2) is 31.5 Å². The van der Waals surface area contributed by atoms with Crippen LogP contribution in [-0.2, 0) is 14.9 Å². The molecule has 0 fully saturated rings. The van der Waals surface area contributed by atoms with Gasteiger partial charge in [-0.15, -0.1) is 0 Å². The van der Waals surface area contributed by atoms with E-state index in [1.54, 1.807) is 30.3 Å². The highest BCUT2D eigenvalue weighted by atomic mass is 32.2. The van der Waals surface area contributed by atoms with E-state index in [2.05, 4.69) is 0 Å². The standard InChI is InChI=1S/C17H16O6S/c1-11(17(19)20)14-10-13(8-9-15(14)23-24(2,21)22)16(18)12-6-4-3-5-7-12/h3-11H,1-2H3,(H,19,20)/t11-/m0/s1. The molecule has 0 amide bonds. The minimum absolute atomic E-state index is 0.1000. The molecule has 0 heterocycles. The molecule has 0 radical (unpaired) electrons. The van der Waals surface area contributed by atoms with E-state index in [0.717, 1.165) is 6.26 Å². The zero-order valence-electron chi connectivity index (χ0n) is 13.1. The first kappa shape index (κ1) is 17.7. The zero-order chi connectivity index (χ0) is 17.9. The monoisotopic (exact) mass is 348 g/mol. The first-order valence-electron chi connectivity index (χ1n) is 7.05. The van der Waals surface area contributed by atoms with Crippen LogP contribution in [0.5, 0.6) is 5.75 Å². The Morgan fingerprint density at radius 1 is 1.04 bits per heavy atom. The lowest BCUT2D eigenvalue weighted by Crippen LogP contribution is -2.14. The molecule has 24 heavy (non-hydrogen) atoms. The predicted octanol–water partition coefficient (Wildman–Crippen LogP) is 2.44. The Morgan fingerprint density at radius 3 is 2.21 bits per heavy atom. The van der Waals surface area contributed by atoms with Crippen LogP contribution < -0.4 is 4.18 Å².